The normalized spacial score (nSPS) is 11.5. The van der Waals surface area contributed by atoms with Gasteiger partial charge in [-0.25, -0.2) is 14.2 Å². The van der Waals surface area contributed by atoms with Crippen molar-refractivity contribution >= 4 is 17.6 Å². The number of carbonyl (C=O) groups is 2. The summed E-state index contributed by atoms with van der Waals surface area (Å²) in [5, 5.41) is 2.14. The van der Waals surface area contributed by atoms with Gasteiger partial charge in [0.05, 0.1) is 19.8 Å². The molecule has 3 rings (SSSR count). The lowest BCUT2D eigenvalue weighted by atomic mass is 10.1. The van der Waals surface area contributed by atoms with Crippen LogP contribution in [-0.4, -0.2) is 37.4 Å². The van der Waals surface area contributed by atoms with Crippen LogP contribution in [0.25, 0.3) is 0 Å². The highest BCUT2D eigenvalue weighted by Gasteiger charge is 2.38. The number of anilines is 1. The second-order valence-corrected chi connectivity index (χ2v) is 7.14. The molecule has 0 atom stereocenters. The Kier molecular flexibility index (Phi) is 7.98. The van der Waals surface area contributed by atoms with Gasteiger partial charge in [0.15, 0.2) is 17.3 Å². The number of rotatable bonds is 7. The smallest absolute Gasteiger partial charge is 0.493 e. The van der Waals surface area contributed by atoms with Crippen molar-refractivity contribution in [2.45, 2.75) is 12.5 Å². The summed E-state index contributed by atoms with van der Waals surface area (Å²) >= 11 is 0. The molecule has 0 saturated carbocycles. The summed E-state index contributed by atoms with van der Waals surface area (Å²) in [7, 11) is 2.11. The third-order valence-electron chi connectivity index (χ3n) is 4.64. The maximum atomic E-state index is 15.1. The molecule has 0 spiro atoms. The first-order chi connectivity index (χ1) is 17.7. The van der Waals surface area contributed by atoms with E-state index in [-0.39, 0.29) is 22.9 Å². The number of methoxy groups -OCH3 is 2. The molecular weight excluding hydrogens is 533 g/mol. The Bertz CT molecular complexity index is 1360. The van der Waals surface area contributed by atoms with Crippen molar-refractivity contribution in [1.82, 2.24) is 4.98 Å². The molecule has 1 N–H and O–H groups in total. The predicted molar refractivity (Wildman–Crippen MR) is 115 cm³/mol. The van der Waals surface area contributed by atoms with Crippen molar-refractivity contribution in [3.05, 3.63) is 71.3 Å². The SMILES string of the molecule is COC(=O)c1cc(NC(=O)c2c(Oc3ccc(OC(F)(F)F)cc3OC)ccc(C(F)(F)F)c2F)ccn1. The van der Waals surface area contributed by atoms with Gasteiger partial charge in [-0.1, -0.05) is 0 Å². The number of aromatic nitrogens is 1. The topological polar surface area (TPSA) is 96.0 Å². The number of hydrogen-bond acceptors (Lipinski definition) is 7. The van der Waals surface area contributed by atoms with Gasteiger partial charge in [0, 0.05) is 18.0 Å². The molecule has 38 heavy (non-hydrogen) atoms. The predicted octanol–water partition coefficient (Wildman–Crippen LogP) is 5.98. The van der Waals surface area contributed by atoms with E-state index in [1.165, 1.54) is 6.07 Å². The summed E-state index contributed by atoms with van der Waals surface area (Å²) in [5.41, 5.74) is -3.41. The van der Waals surface area contributed by atoms with Crippen molar-refractivity contribution in [2.24, 2.45) is 0 Å². The molecule has 0 aliphatic carbocycles. The molecule has 202 valence electrons. The van der Waals surface area contributed by atoms with Crippen molar-refractivity contribution in [3.63, 3.8) is 0 Å². The van der Waals surface area contributed by atoms with E-state index in [0.717, 1.165) is 44.7 Å². The Hall–Kier alpha value is -4.56. The molecular formula is C23H15F7N2O6. The minimum atomic E-state index is -5.19. The van der Waals surface area contributed by atoms with Crippen LogP contribution in [-0.2, 0) is 10.9 Å². The zero-order valence-electron chi connectivity index (χ0n) is 19.2. The minimum absolute atomic E-state index is 0.153. The van der Waals surface area contributed by atoms with Crippen LogP contribution in [0.2, 0.25) is 0 Å². The molecule has 0 aliphatic rings. The molecule has 8 nitrogen and oxygen atoms in total. The molecule has 1 aromatic heterocycles. The fourth-order valence-electron chi connectivity index (χ4n) is 3.04. The van der Waals surface area contributed by atoms with Gasteiger partial charge in [-0.05, 0) is 36.4 Å². The molecule has 1 amide bonds. The maximum Gasteiger partial charge on any atom is 0.573 e. The van der Waals surface area contributed by atoms with Gasteiger partial charge in [-0.2, -0.15) is 13.2 Å². The molecule has 15 heteroatoms. The van der Waals surface area contributed by atoms with E-state index in [4.69, 9.17) is 9.47 Å². The zero-order chi connectivity index (χ0) is 28.3. The quantitative estimate of drug-likeness (QED) is 0.287. The Morgan fingerprint density at radius 2 is 1.58 bits per heavy atom. The van der Waals surface area contributed by atoms with E-state index in [1.54, 1.807) is 0 Å². The number of nitrogens with zero attached hydrogens (tertiary/aromatic N) is 1. The first-order valence-corrected chi connectivity index (χ1v) is 10.1. The van der Waals surface area contributed by atoms with E-state index < -0.39 is 52.9 Å². The second kappa shape index (κ2) is 10.8. The molecule has 0 unspecified atom stereocenters. The van der Waals surface area contributed by atoms with Gasteiger partial charge >= 0.3 is 18.5 Å². The largest absolute Gasteiger partial charge is 0.573 e. The summed E-state index contributed by atoms with van der Waals surface area (Å²) in [4.78, 5) is 28.3. The van der Waals surface area contributed by atoms with E-state index >= 15 is 4.39 Å². The Labute approximate surface area is 208 Å². The van der Waals surface area contributed by atoms with Crippen LogP contribution in [0.1, 0.15) is 26.4 Å². The van der Waals surface area contributed by atoms with E-state index in [1.807, 2.05) is 0 Å². The van der Waals surface area contributed by atoms with E-state index in [9.17, 15) is 35.9 Å². The van der Waals surface area contributed by atoms with Gasteiger partial charge in [-0.15, -0.1) is 13.2 Å². The number of esters is 1. The fraction of sp³-hybridized carbons (Fsp3) is 0.174. The highest BCUT2D eigenvalue weighted by molar-refractivity contribution is 6.07. The molecule has 0 saturated heterocycles. The van der Waals surface area contributed by atoms with Gasteiger partial charge in [-0.3, -0.25) is 4.79 Å². The number of pyridine rings is 1. The number of benzene rings is 2. The lowest BCUT2D eigenvalue weighted by Gasteiger charge is -2.18. The number of nitrogens with one attached hydrogen (secondary N) is 1. The number of hydrogen-bond donors (Lipinski definition) is 1. The number of halogens is 7. The number of ether oxygens (including phenoxy) is 4. The third-order valence-corrected chi connectivity index (χ3v) is 4.64. The zero-order valence-corrected chi connectivity index (χ0v) is 19.2. The highest BCUT2D eigenvalue weighted by atomic mass is 19.4. The highest BCUT2D eigenvalue weighted by Crippen LogP contribution is 2.40. The van der Waals surface area contributed by atoms with Crippen LogP contribution < -0.4 is 19.5 Å². The standard InChI is InChI=1S/C23H15F7N2O6/c1-35-17-10-12(38-23(28,29)30)3-5-15(17)37-16-6-4-13(22(25,26)27)19(24)18(16)20(33)32-11-7-8-31-14(9-11)21(34)36-2/h3-10H,1-2H3,(H,31,32,33). The van der Waals surface area contributed by atoms with Crippen LogP contribution in [0.4, 0.5) is 36.4 Å². The lowest BCUT2D eigenvalue weighted by molar-refractivity contribution is -0.274. The van der Waals surface area contributed by atoms with Gasteiger partial charge in [0.2, 0.25) is 0 Å². The van der Waals surface area contributed by atoms with Crippen LogP contribution >= 0.6 is 0 Å². The van der Waals surface area contributed by atoms with E-state index in [0.29, 0.717) is 12.1 Å². The fourth-order valence-corrected chi connectivity index (χ4v) is 3.04. The second-order valence-electron chi connectivity index (χ2n) is 7.14. The Morgan fingerprint density at radius 1 is 0.895 bits per heavy atom. The summed E-state index contributed by atoms with van der Waals surface area (Å²) in [6.45, 7) is 0. The Balaban J connectivity index is 2.04. The summed E-state index contributed by atoms with van der Waals surface area (Å²) < 4.78 is 111. The van der Waals surface area contributed by atoms with Gasteiger partial charge in [0.1, 0.15) is 22.8 Å². The monoisotopic (exact) mass is 548 g/mol. The maximum absolute atomic E-state index is 15.1. The van der Waals surface area contributed by atoms with Crippen LogP contribution in [0.3, 0.4) is 0 Å². The van der Waals surface area contributed by atoms with Crippen molar-refractivity contribution in [1.29, 1.82) is 0 Å². The summed E-state index contributed by atoms with van der Waals surface area (Å²) in [6, 6.07) is 5.62. The van der Waals surface area contributed by atoms with E-state index in [2.05, 4.69) is 19.8 Å². The van der Waals surface area contributed by atoms with Crippen molar-refractivity contribution in [2.75, 3.05) is 19.5 Å². The average Bonchev–Trinajstić information content (AvgIpc) is 2.82. The van der Waals surface area contributed by atoms with Crippen LogP contribution in [0, 0.1) is 5.82 Å². The number of carbonyl (C=O) groups excluding carboxylic acids is 2. The van der Waals surface area contributed by atoms with Crippen LogP contribution in [0.15, 0.2) is 48.7 Å². The van der Waals surface area contributed by atoms with Gasteiger partial charge in [0.25, 0.3) is 5.91 Å². The summed E-state index contributed by atoms with van der Waals surface area (Å²) in [6.07, 6.45) is -9.15. The molecule has 0 radical (unpaired) electrons. The average molecular weight is 548 g/mol. The van der Waals surface area contributed by atoms with Crippen molar-refractivity contribution < 1.29 is 59.3 Å². The van der Waals surface area contributed by atoms with Gasteiger partial charge < -0.3 is 24.3 Å². The first kappa shape index (κ1) is 28.0. The molecule has 0 bridgehead atoms. The molecule has 2 aromatic carbocycles. The first-order valence-electron chi connectivity index (χ1n) is 10.1. The summed E-state index contributed by atoms with van der Waals surface area (Å²) in [5.74, 6) is -6.51. The molecule has 3 aromatic rings. The van der Waals surface area contributed by atoms with Crippen molar-refractivity contribution in [3.8, 4) is 23.0 Å². The third kappa shape index (κ3) is 6.60. The number of alkyl halides is 6. The Morgan fingerprint density at radius 3 is 2.18 bits per heavy atom. The molecule has 0 aliphatic heterocycles. The molecule has 0 fully saturated rings. The molecule has 1 heterocycles. The number of amides is 1. The van der Waals surface area contributed by atoms with Crippen LogP contribution in [0.5, 0.6) is 23.0 Å². The minimum Gasteiger partial charge on any atom is -0.493 e. The lowest BCUT2D eigenvalue weighted by Crippen LogP contribution is -2.19.